The Balaban J connectivity index is 1.66. The summed E-state index contributed by atoms with van der Waals surface area (Å²) in [7, 11) is 0. The molecule has 2 fully saturated rings. The molecule has 1 aliphatic heterocycles. The number of fused-ring (bicyclic) bond motifs is 1. The van der Waals surface area contributed by atoms with Gasteiger partial charge in [-0.25, -0.2) is 0 Å². The van der Waals surface area contributed by atoms with Crippen molar-refractivity contribution in [2.75, 3.05) is 6.54 Å². The van der Waals surface area contributed by atoms with Crippen LogP contribution in [0, 0.1) is 0 Å². The molecular weight excluding hydrogens is 368 g/mol. The van der Waals surface area contributed by atoms with E-state index in [0.717, 1.165) is 60.2 Å². The van der Waals surface area contributed by atoms with Gasteiger partial charge in [0.15, 0.2) is 0 Å². The molecule has 1 unspecified atom stereocenters. The van der Waals surface area contributed by atoms with Crippen molar-refractivity contribution in [2.24, 2.45) is 0 Å². The van der Waals surface area contributed by atoms with Gasteiger partial charge in [-0.3, -0.25) is 9.59 Å². The summed E-state index contributed by atoms with van der Waals surface area (Å²) in [6.07, 6.45) is 9.80. The normalized spacial score (nSPS) is 21.0. The van der Waals surface area contributed by atoms with Crippen LogP contribution in [0.2, 0.25) is 0 Å². The van der Waals surface area contributed by atoms with Crippen molar-refractivity contribution in [3.8, 4) is 0 Å². The van der Waals surface area contributed by atoms with Crippen molar-refractivity contribution >= 4 is 33.2 Å². The molecule has 1 aliphatic carbocycles. The summed E-state index contributed by atoms with van der Waals surface area (Å²) < 4.78 is 1.16. The molecule has 2 aromatic rings. The molecule has 4 nitrogen and oxygen atoms in total. The minimum atomic E-state index is 0.0751. The van der Waals surface area contributed by atoms with Crippen molar-refractivity contribution in [2.45, 2.75) is 76.8 Å². The van der Waals surface area contributed by atoms with Gasteiger partial charge in [0.1, 0.15) is 0 Å². The predicted octanol–water partition coefficient (Wildman–Crippen LogP) is 4.91. The summed E-state index contributed by atoms with van der Waals surface area (Å²) in [6.45, 7) is 2.52. The van der Waals surface area contributed by atoms with Crippen LogP contribution in [0.1, 0.15) is 73.5 Å². The van der Waals surface area contributed by atoms with Crippen molar-refractivity contribution in [3.63, 3.8) is 0 Å². The van der Waals surface area contributed by atoms with E-state index >= 15 is 0 Å². The molecule has 2 heterocycles. The number of carbonyl (C=O) groups excluding carboxylic acids is 2. The van der Waals surface area contributed by atoms with Crippen molar-refractivity contribution in [1.82, 2.24) is 10.2 Å². The first-order chi connectivity index (χ1) is 13.6. The number of carbonyl (C=O) groups is 2. The smallest absolute Gasteiger partial charge is 0.261 e. The highest BCUT2D eigenvalue weighted by Crippen LogP contribution is 2.34. The van der Waals surface area contributed by atoms with E-state index in [1.54, 1.807) is 18.3 Å². The molecule has 1 atom stereocenters. The van der Waals surface area contributed by atoms with Crippen LogP contribution >= 0.6 is 11.3 Å². The summed E-state index contributed by atoms with van der Waals surface area (Å²) in [4.78, 5) is 28.3. The standard InChI is InChI=1S/C23H30N2O2S/c1-16(26)25-14-8-2-3-11-18(25)15-20-19-12-6-7-13-21(19)28-22(20)23(27)24-17-9-4-5-10-17/h6-7,12-13,17-18H,2-5,8-11,14-15H2,1H3,(H,24,27). The maximum atomic E-state index is 13.1. The van der Waals surface area contributed by atoms with Crippen LogP contribution in [-0.4, -0.2) is 35.3 Å². The topological polar surface area (TPSA) is 49.4 Å². The number of thiophene rings is 1. The Morgan fingerprint density at radius 1 is 1.07 bits per heavy atom. The molecule has 1 saturated heterocycles. The second-order valence-electron chi connectivity index (χ2n) is 8.28. The number of likely N-dealkylation sites (tertiary alicyclic amines) is 1. The molecule has 28 heavy (non-hydrogen) atoms. The van der Waals surface area contributed by atoms with Gasteiger partial charge in [0.2, 0.25) is 5.91 Å². The van der Waals surface area contributed by atoms with Gasteiger partial charge >= 0.3 is 0 Å². The van der Waals surface area contributed by atoms with E-state index in [-0.39, 0.29) is 17.9 Å². The fourth-order valence-corrected chi connectivity index (χ4v) is 5.98. The third kappa shape index (κ3) is 4.09. The molecule has 4 rings (SSSR count). The monoisotopic (exact) mass is 398 g/mol. The van der Waals surface area contributed by atoms with Gasteiger partial charge in [-0.2, -0.15) is 0 Å². The van der Waals surface area contributed by atoms with Crippen LogP contribution in [0.5, 0.6) is 0 Å². The minimum Gasteiger partial charge on any atom is -0.349 e. The summed E-state index contributed by atoms with van der Waals surface area (Å²) in [5.41, 5.74) is 1.13. The maximum absolute atomic E-state index is 13.1. The van der Waals surface area contributed by atoms with Crippen LogP contribution in [-0.2, 0) is 11.2 Å². The Kier molecular flexibility index (Phi) is 6.00. The lowest BCUT2D eigenvalue weighted by molar-refractivity contribution is -0.131. The minimum absolute atomic E-state index is 0.0751. The zero-order valence-electron chi connectivity index (χ0n) is 16.7. The fourth-order valence-electron chi connectivity index (χ4n) is 4.85. The van der Waals surface area contributed by atoms with E-state index < -0.39 is 0 Å². The fraction of sp³-hybridized carbons (Fsp3) is 0.565. The van der Waals surface area contributed by atoms with E-state index in [1.807, 2.05) is 17.0 Å². The van der Waals surface area contributed by atoms with E-state index in [9.17, 15) is 9.59 Å². The van der Waals surface area contributed by atoms with Gasteiger partial charge in [0.25, 0.3) is 5.91 Å². The molecule has 150 valence electrons. The van der Waals surface area contributed by atoms with Crippen molar-refractivity contribution in [1.29, 1.82) is 0 Å². The first-order valence-electron chi connectivity index (χ1n) is 10.7. The van der Waals surface area contributed by atoms with Gasteiger partial charge in [-0.05, 0) is 49.1 Å². The van der Waals surface area contributed by atoms with E-state index in [1.165, 1.54) is 24.6 Å². The highest BCUT2D eigenvalue weighted by Gasteiger charge is 2.28. The van der Waals surface area contributed by atoms with E-state index in [4.69, 9.17) is 0 Å². The molecule has 1 aromatic carbocycles. The molecule has 0 bridgehead atoms. The average Bonchev–Trinajstić information content (AvgIpc) is 3.24. The number of nitrogens with one attached hydrogen (secondary N) is 1. The van der Waals surface area contributed by atoms with E-state index in [0.29, 0.717) is 6.04 Å². The summed E-state index contributed by atoms with van der Waals surface area (Å²) in [5.74, 6) is 0.231. The lowest BCUT2D eigenvalue weighted by atomic mass is 9.97. The van der Waals surface area contributed by atoms with Crippen LogP contribution in [0.3, 0.4) is 0 Å². The average molecular weight is 399 g/mol. The number of benzene rings is 1. The highest BCUT2D eigenvalue weighted by atomic mass is 32.1. The van der Waals surface area contributed by atoms with Gasteiger partial charge in [-0.1, -0.05) is 43.9 Å². The Labute approximate surface area is 171 Å². The molecule has 0 spiro atoms. The zero-order chi connectivity index (χ0) is 19.5. The van der Waals surface area contributed by atoms with Gasteiger partial charge in [0.05, 0.1) is 4.88 Å². The third-order valence-corrected chi connectivity index (χ3v) is 7.53. The Morgan fingerprint density at radius 3 is 2.61 bits per heavy atom. The predicted molar refractivity (Wildman–Crippen MR) is 115 cm³/mol. The first kappa shape index (κ1) is 19.4. The SMILES string of the molecule is CC(=O)N1CCCCCC1Cc1c(C(=O)NC2CCCC2)sc2ccccc12. The Morgan fingerprint density at radius 2 is 1.82 bits per heavy atom. The molecular formula is C23H30N2O2S. The molecule has 2 aliphatic rings. The van der Waals surface area contributed by atoms with Gasteiger partial charge in [-0.15, -0.1) is 11.3 Å². The summed E-state index contributed by atoms with van der Waals surface area (Å²) in [6, 6.07) is 8.82. The van der Waals surface area contributed by atoms with Crippen LogP contribution in [0.25, 0.3) is 10.1 Å². The molecule has 1 saturated carbocycles. The maximum Gasteiger partial charge on any atom is 0.261 e. The van der Waals surface area contributed by atoms with Crippen molar-refractivity contribution < 1.29 is 9.59 Å². The summed E-state index contributed by atoms with van der Waals surface area (Å²) >= 11 is 1.60. The number of hydrogen-bond acceptors (Lipinski definition) is 3. The van der Waals surface area contributed by atoms with Crippen LogP contribution in [0.4, 0.5) is 0 Å². The van der Waals surface area contributed by atoms with Crippen LogP contribution < -0.4 is 5.32 Å². The molecule has 1 N–H and O–H groups in total. The quantitative estimate of drug-likeness (QED) is 0.796. The second kappa shape index (κ2) is 8.64. The van der Waals surface area contributed by atoms with E-state index in [2.05, 4.69) is 17.4 Å². The summed E-state index contributed by atoms with van der Waals surface area (Å²) in [5, 5.41) is 4.45. The molecule has 1 aromatic heterocycles. The zero-order valence-corrected chi connectivity index (χ0v) is 17.5. The Hall–Kier alpha value is -1.88. The number of hydrogen-bond donors (Lipinski definition) is 1. The third-order valence-electron chi connectivity index (χ3n) is 6.32. The molecule has 5 heteroatoms. The Bertz CT molecular complexity index is 853. The number of nitrogens with zero attached hydrogens (tertiary/aromatic N) is 1. The van der Waals surface area contributed by atoms with Gasteiger partial charge < -0.3 is 10.2 Å². The first-order valence-corrected chi connectivity index (χ1v) is 11.5. The van der Waals surface area contributed by atoms with Crippen LogP contribution in [0.15, 0.2) is 24.3 Å². The largest absolute Gasteiger partial charge is 0.349 e. The lowest BCUT2D eigenvalue weighted by Gasteiger charge is -2.29. The molecule has 2 amide bonds. The highest BCUT2D eigenvalue weighted by molar-refractivity contribution is 7.21. The van der Waals surface area contributed by atoms with Gasteiger partial charge in [0, 0.05) is 30.3 Å². The number of rotatable bonds is 4. The van der Waals surface area contributed by atoms with Crippen molar-refractivity contribution in [3.05, 3.63) is 34.7 Å². The number of amides is 2. The second-order valence-corrected chi connectivity index (χ2v) is 9.33. The lowest BCUT2D eigenvalue weighted by Crippen LogP contribution is -2.40. The molecule has 0 radical (unpaired) electrons.